The first-order valence-corrected chi connectivity index (χ1v) is 6.86. The zero-order valence-corrected chi connectivity index (χ0v) is 11.7. The number of hydrogen-bond donors (Lipinski definition) is 2. The van der Waals surface area contributed by atoms with Crippen molar-refractivity contribution in [2.24, 2.45) is 0 Å². The molecule has 0 aromatic carbocycles. The van der Waals surface area contributed by atoms with Crippen molar-refractivity contribution in [2.75, 3.05) is 26.2 Å². The van der Waals surface area contributed by atoms with Gasteiger partial charge in [0.05, 0.1) is 6.10 Å². The maximum absolute atomic E-state index is 11.1. The van der Waals surface area contributed by atoms with Crippen molar-refractivity contribution in [3.63, 3.8) is 0 Å². The maximum atomic E-state index is 11.1. The van der Waals surface area contributed by atoms with Crippen molar-refractivity contribution in [3.05, 3.63) is 0 Å². The standard InChI is InChI=1S/C13H24N2O4/c1-3-7-19-11-5-4-6-15(8-11)9-12(13(17)18)14-10(2)16/h11-12H,3-9H2,1-2H3,(H,14,16)(H,17,18). The van der Waals surface area contributed by atoms with Gasteiger partial charge in [0.25, 0.3) is 0 Å². The van der Waals surface area contributed by atoms with Gasteiger partial charge in [0.15, 0.2) is 0 Å². The summed E-state index contributed by atoms with van der Waals surface area (Å²) in [5.74, 6) is -1.31. The van der Waals surface area contributed by atoms with E-state index in [0.29, 0.717) is 6.54 Å². The molecule has 0 radical (unpaired) electrons. The molecule has 1 rings (SSSR count). The second-order valence-electron chi connectivity index (χ2n) is 4.99. The predicted octanol–water partition coefficient (Wildman–Crippen LogP) is 0.467. The molecule has 0 bridgehead atoms. The van der Waals surface area contributed by atoms with Crippen LogP contribution in [0.1, 0.15) is 33.1 Å². The van der Waals surface area contributed by atoms with Gasteiger partial charge in [-0.2, -0.15) is 0 Å². The average molecular weight is 272 g/mol. The number of carboxylic acid groups (broad SMARTS) is 1. The van der Waals surface area contributed by atoms with Crippen molar-refractivity contribution < 1.29 is 19.4 Å². The van der Waals surface area contributed by atoms with Crippen LogP contribution < -0.4 is 5.32 Å². The van der Waals surface area contributed by atoms with E-state index >= 15 is 0 Å². The zero-order chi connectivity index (χ0) is 14.3. The van der Waals surface area contributed by atoms with Gasteiger partial charge >= 0.3 is 5.97 Å². The minimum atomic E-state index is -0.994. The van der Waals surface area contributed by atoms with Crippen LogP contribution in [-0.4, -0.2) is 60.3 Å². The fourth-order valence-corrected chi connectivity index (χ4v) is 2.29. The fraction of sp³-hybridized carbons (Fsp3) is 0.846. The van der Waals surface area contributed by atoms with Crippen molar-refractivity contribution in [2.45, 2.75) is 45.3 Å². The van der Waals surface area contributed by atoms with Gasteiger partial charge < -0.3 is 15.2 Å². The summed E-state index contributed by atoms with van der Waals surface area (Å²) < 4.78 is 5.71. The lowest BCUT2D eigenvalue weighted by Crippen LogP contribution is -2.51. The fourth-order valence-electron chi connectivity index (χ4n) is 2.29. The summed E-state index contributed by atoms with van der Waals surface area (Å²) in [6, 6.07) is -0.845. The molecule has 1 heterocycles. The molecule has 19 heavy (non-hydrogen) atoms. The third-order valence-corrected chi connectivity index (χ3v) is 3.14. The molecule has 2 atom stereocenters. The molecular formula is C13H24N2O4. The number of likely N-dealkylation sites (tertiary alicyclic amines) is 1. The Balaban J connectivity index is 2.44. The highest BCUT2D eigenvalue weighted by atomic mass is 16.5. The van der Waals surface area contributed by atoms with Crippen LogP contribution in [0.15, 0.2) is 0 Å². The van der Waals surface area contributed by atoms with E-state index in [2.05, 4.69) is 17.1 Å². The van der Waals surface area contributed by atoms with Crippen LogP contribution in [0.3, 0.4) is 0 Å². The monoisotopic (exact) mass is 272 g/mol. The van der Waals surface area contributed by atoms with Crippen molar-refractivity contribution in [1.29, 1.82) is 0 Å². The average Bonchev–Trinajstić information content (AvgIpc) is 2.35. The Hall–Kier alpha value is -1.14. The molecule has 110 valence electrons. The number of piperidine rings is 1. The zero-order valence-electron chi connectivity index (χ0n) is 11.7. The van der Waals surface area contributed by atoms with E-state index in [1.54, 1.807) is 0 Å². The molecular weight excluding hydrogens is 248 g/mol. The molecule has 1 aliphatic heterocycles. The van der Waals surface area contributed by atoms with E-state index < -0.39 is 12.0 Å². The molecule has 1 amide bonds. The minimum Gasteiger partial charge on any atom is -0.480 e. The maximum Gasteiger partial charge on any atom is 0.327 e. The largest absolute Gasteiger partial charge is 0.480 e. The molecule has 1 fully saturated rings. The lowest BCUT2D eigenvalue weighted by molar-refractivity contribution is -0.142. The van der Waals surface area contributed by atoms with Crippen molar-refractivity contribution >= 4 is 11.9 Å². The number of nitrogens with one attached hydrogen (secondary N) is 1. The van der Waals surface area contributed by atoms with Crippen LogP contribution in [-0.2, 0) is 14.3 Å². The summed E-state index contributed by atoms with van der Waals surface area (Å²) in [6.07, 6.45) is 3.19. The molecule has 0 aliphatic carbocycles. The normalized spacial score (nSPS) is 21.9. The minimum absolute atomic E-state index is 0.181. The molecule has 1 saturated heterocycles. The Morgan fingerprint density at radius 3 is 2.84 bits per heavy atom. The van der Waals surface area contributed by atoms with Gasteiger partial charge in [-0.25, -0.2) is 4.79 Å². The van der Waals surface area contributed by atoms with Crippen LogP contribution in [0, 0.1) is 0 Å². The van der Waals surface area contributed by atoms with Gasteiger partial charge in [0.2, 0.25) is 5.91 Å². The lowest BCUT2D eigenvalue weighted by Gasteiger charge is -2.34. The van der Waals surface area contributed by atoms with Gasteiger partial charge in [0.1, 0.15) is 6.04 Å². The molecule has 0 spiro atoms. The van der Waals surface area contributed by atoms with E-state index in [1.807, 2.05) is 0 Å². The summed E-state index contributed by atoms with van der Waals surface area (Å²) in [5.41, 5.74) is 0. The first-order chi connectivity index (χ1) is 9.02. The van der Waals surface area contributed by atoms with Crippen LogP contribution in [0.5, 0.6) is 0 Å². The first-order valence-electron chi connectivity index (χ1n) is 6.86. The van der Waals surface area contributed by atoms with Gasteiger partial charge in [-0.05, 0) is 25.8 Å². The summed E-state index contributed by atoms with van der Waals surface area (Å²) in [4.78, 5) is 24.1. The highest BCUT2D eigenvalue weighted by Gasteiger charge is 2.26. The molecule has 2 unspecified atom stereocenters. The van der Waals surface area contributed by atoms with Crippen molar-refractivity contribution in [3.8, 4) is 0 Å². The number of carbonyl (C=O) groups excluding carboxylic acids is 1. The van der Waals surface area contributed by atoms with E-state index in [0.717, 1.165) is 39.0 Å². The topological polar surface area (TPSA) is 78.9 Å². The summed E-state index contributed by atoms with van der Waals surface area (Å²) in [5, 5.41) is 11.6. The number of amides is 1. The van der Waals surface area contributed by atoms with Gasteiger partial charge in [-0.3, -0.25) is 9.69 Å². The summed E-state index contributed by atoms with van der Waals surface area (Å²) in [7, 11) is 0. The Morgan fingerprint density at radius 1 is 1.53 bits per heavy atom. The molecule has 0 aromatic rings. The lowest BCUT2D eigenvalue weighted by atomic mass is 10.1. The Bertz CT molecular complexity index is 309. The highest BCUT2D eigenvalue weighted by Crippen LogP contribution is 2.13. The molecule has 0 saturated carbocycles. The Morgan fingerprint density at radius 2 is 2.26 bits per heavy atom. The Labute approximate surface area is 114 Å². The van der Waals surface area contributed by atoms with E-state index in [9.17, 15) is 9.59 Å². The number of carboxylic acids is 1. The highest BCUT2D eigenvalue weighted by molar-refractivity contribution is 5.82. The van der Waals surface area contributed by atoms with E-state index in [-0.39, 0.29) is 12.0 Å². The van der Waals surface area contributed by atoms with E-state index in [1.165, 1.54) is 6.92 Å². The molecule has 2 N–H and O–H groups in total. The second kappa shape index (κ2) is 8.12. The number of ether oxygens (including phenoxy) is 1. The SMILES string of the molecule is CCCOC1CCCN(CC(NC(C)=O)C(=O)O)C1. The quantitative estimate of drug-likeness (QED) is 0.704. The van der Waals surface area contributed by atoms with Crippen LogP contribution >= 0.6 is 0 Å². The van der Waals surface area contributed by atoms with Crippen LogP contribution in [0.2, 0.25) is 0 Å². The Kier molecular flexibility index (Phi) is 6.80. The third-order valence-electron chi connectivity index (χ3n) is 3.14. The first kappa shape index (κ1) is 15.9. The van der Waals surface area contributed by atoms with E-state index in [4.69, 9.17) is 9.84 Å². The molecule has 1 aliphatic rings. The molecule has 0 aromatic heterocycles. The molecule has 6 nitrogen and oxygen atoms in total. The van der Waals surface area contributed by atoms with Gasteiger partial charge in [-0.1, -0.05) is 6.92 Å². The number of hydrogen-bond acceptors (Lipinski definition) is 4. The van der Waals surface area contributed by atoms with Crippen molar-refractivity contribution in [1.82, 2.24) is 10.2 Å². The van der Waals surface area contributed by atoms with Gasteiger partial charge in [-0.15, -0.1) is 0 Å². The predicted molar refractivity (Wildman–Crippen MR) is 70.9 cm³/mol. The summed E-state index contributed by atoms with van der Waals surface area (Å²) in [6.45, 7) is 6.07. The second-order valence-corrected chi connectivity index (χ2v) is 4.99. The number of nitrogens with zero attached hydrogens (tertiary/aromatic N) is 1. The molecule has 6 heteroatoms. The van der Waals surface area contributed by atoms with Crippen LogP contribution in [0.25, 0.3) is 0 Å². The number of rotatable bonds is 7. The van der Waals surface area contributed by atoms with Crippen LogP contribution in [0.4, 0.5) is 0 Å². The smallest absolute Gasteiger partial charge is 0.327 e. The number of carbonyl (C=O) groups is 2. The third kappa shape index (κ3) is 6.02. The van der Waals surface area contributed by atoms with Gasteiger partial charge in [0, 0.05) is 26.6 Å². The number of aliphatic carboxylic acids is 1. The summed E-state index contributed by atoms with van der Waals surface area (Å²) >= 11 is 0.